The van der Waals surface area contributed by atoms with Gasteiger partial charge >= 0.3 is 18.6 Å². The molecule has 3 heterocycles. The molecule has 0 spiro atoms. The van der Waals surface area contributed by atoms with E-state index >= 15 is 0 Å². The van der Waals surface area contributed by atoms with Gasteiger partial charge in [-0.1, -0.05) is 17.2 Å². The molecular formula is C22H24ClN5O2SV. The van der Waals surface area contributed by atoms with Crippen molar-refractivity contribution in [1.29, 1.82) is 0 Å². The topological polar surface area (TPSA) is 82.9 Å². The number of benzene rings is 2. The first-order valence-electron chi connectivity index (χ1n) is 10.1. The minimum Gasteiger partial charge on any atom is -0.660 e. The number of aromatic nitrogens is 1. The number of nitrogens with zero attached hydrogens (tertiary/aromatic N) is 4. The Bertz CT molecular complexity index is 1180. The van der Waals surface area contributed by atoms with Crippen LogP contribution in [0.25, 0.3) is 16.2 Å². The van der Waals surface area contributed by atoms with Gasteiger partial charge < -0.3 is 15.2 Å². The van der Waals surface area contributed by atoms with Gasteiger partial charge in [0.05, 0.1) is 6.54 Å². The molecule has 167 valence electrons. The van der Waals surface area contributed by atoms with E-state index in [0.29, 0.717) is 31.2 Å². The molecule has 0 bridgehead atoms. The molecule has 1 radical (unpaired) electrons. The van der Waals surface area contributed by atoms with E-state index < -0.39 is 10.0 Å². The molecule has 0 saturated carbocycles. The van der Waals surface area contributed by atoms with E-state index in [1.807, 2.05) is 24.3 Å². The number of H-pyrrole nitrogens is 1. The zero-order chi connectivity index (χ0) is 21.8. The first kappa shape index (κ1) is 24.8. The second-order valence-corrected chi connectivity index (χ2v) is 9.70. The fourth-order valence-corrected chi connectivity index (χ4v) is 5.18. The second-order valence-electron chi connectivity index (χ2n) is 7.36. The molecule has 0 atom stereocenters. The number of sulfonamides is 1. The molecule has 1 aromatic heterocycles. The van der Waals surface area contributed by atoms with Gasteiger partial charge in [0.1, 0.15) is 10.9 Å². The second kappa shape index (κ2) is 10.9. The number of piperazine rings is 1. The third-order valence-electron chi connectivity index (χ3n) is 5.23. The SMILES string of the molecule is CN1CCN=C1c1cc[c-]cc1.O=S(=O)(c1cc2cc(Cl)ccc2[nH]1)N1CC[N-]CC1.[V+2]. The van der Waals surface area contributed by atoms with Crippen LogP contribution in [0.3, 0.4) is 0 Å². The summed E-state index contributed by atoms with van der Waals surface area (Å²) < 4.78 is 26.4. The number of fused-ring (bicyclic) bond motifs is 1. The molecular weight excluding hydrogens is 485 g/mol. The molecule has 1 fully saturated rings. The van der Waals surface area contributed by atoms with Gasteiger partial charge in [-0.2, -0.15) is 30.3 Å². The predicted molar refractivity (Wildman–Crippen MR) is 124 cm³/mol. The average molecular weight is 509 g/mol. The number of hydrogen-bond acceptors (Lipinski definition) is 4. The summed E-state index contributed by atoms with van der Waals surface area (Å²) in [5.74, 6) is 1.10. The Morgan fingerprint density at radius 2 is 1.81 bits per heavy atom. The average Bonchev–Trinajstić information content (AvgIpc) is 3.41. The fourth-order valence-electron chi connectivity index (χ4n) is 3.56. The molecule has 32 heavy (non-hydrogen) atoms. The Balaban J connectivity index is 0.000000193. The molecule has 10 heteroatoms. The van der Waals surface area contributed by atoms with Crippen LogP contribution in [0.15, 0.2) is 58.5 Å². The zero-order valence-electron chi connectivity index (χ0n) is 17.7. The maximum Gasteiger partial charge on any atom is 2.00 e. The molecule has 1 N–H and O–H groups in total. The molecule has 7 nitrogen and oxygen atoms in total. The van der Waals surface area contributed by atoms with Crippen molar-refractivity contribution in [3.63, 3.8) is 0 Å². The standard InChI is InChI=1S/C12H13ClN3O2S.C10H11N2.V/c13-10-1-2-11-9(7-10)8-12(15-11)19(17,18)16-5-3-14-4-6-16;1-12-8-7-11-10(12)9-5-3-2-4-6-9;/h1-2,7-8,15H,3-6H2;3-6H,7-8H2,1H3;/q2*-1;+2. The van der Waals surface area contributed by atoms with Crippen LogP contribution < -0.4 is 0 Å². The van der Waals surface area contributed by atoms with Gasteiger partial charge in [-0.05, 0) is 37.4 Å². The van der Waals surface area contributed by atoms with Gasteiger partial charge in [0.25, 0.3) is 10.0 Å². The van der Waals surface area contributed by atoms with Gasteiger partial charge in [0, 0.05) is 29.5 Å². The maximum absolute atomic E-state index is 12.5. The molecule has 2 aliphatic heterocycles. The minimum absolute atomic E-state index is 0. The number of aromatic amines is 1. The van der Waals surface area contributed by atoms with Crippen molar-refractivity contribution in [3.05, 3.63) is 70.5 Å². The van der Waals surface area contributed by atoms with Gasteiger partial charge in [-0.3, -0.25) is 4.99 Å². The summed E-state index contributed by atoms with van der Waals surface area (Å²) in [4.78, 5) is 9.53. The number of likely N-dealkylation sites (N-methyl/N-ethyl adjacent to an activating group) is 1. The van der Waals surface area contributed by atoms with Crippen LogP contribution in [0.2, 0.25) is 5.02 Å². The number of amidine groups is 1. The molecule has 2 aromatic carbocycles. The van der Waals surface area contributed by atoms with E-state index in [1.165, 1.54) is 9.87 Å². The molecule has 3 aromatic rings. The summed E-state index contributed by atoms with van der Waals surface area (Å²) in [7, 11) is -1.39. The van der Waals surface area contributed by atoms with Crippen LogP contribution in [0.5, 0.6) is 0 Å². The fraction of sp³-hybridized carbons (Fsp3) is 0.318. The Morgan fingerprint density at radius 3 is 2.47 bits per heavy atom. The number of rotatable bonds is 3. The summed E-state index contributed by atoms with van der Waals surface area (Å²) in [5.41, 5.74) is 1.96. The Kier molecular flexibility index (Phi) is 8.44. The van der Waals surface area contributed by atoms with E-state index in [1.54, 1.807) is 24.3 Å². The Labute approximate surface area is 205 Å². The summed E-state index contributed by atoms with van der Waals surface area (Å²) >= 11 is 5.90. The number of nitrogens with one attached hydrogen (secondary N) is 1. The first-order chi connectivity index (χ1) is 14.9. The zero-order valence-corrected chi connectivity index (χ0v) is 20.7. The van der Waals surface area contributed by atoms with E-state index in [0.717, 1.165) is 29.8 Å². The van der Waals surface area contributed by atoms with Crippen molar-refractivity contribution in [2.45, 2.75) is 5.03 Å². The van der Waals surface area contributed by atoms with E-state index in [-0.39, 0.29) is 23.6 Å². The summed E-state index contributed by atoms with van der Waals surface area (Å²) in [6, 6.07) is 17.8. The van der Waals surface area contributed by atoms with Crippen molar-refractivity contribution in [1.82, 2.24) is 14.2 Å². The van der Waals surface area contributed by atoms with E-state index in [9.17, 15) is 8.42 Å². The van der Waals surface area contributed by atoms with Crippen molar-refractivity contribution in [3.8, 4) is 0 Å². The largest absolute Gasteiger partial charge is 2.00 e. The number of aliphatic imine (C=N–C) groups is 1. The predicted octanol–water partition coefficient (Wildman–Crippen LogP) is 3.38. The Morgan fingerprint density at radius 1 is 1.09 bits per heavy atom. The third-order valence-corrected chi connectivity index (χ3v) is 7.28. The Hall–Kier alpha value is -1.81. The van der Waals surface area contributed by atoms with Crippen LogP contribution in [-0.4, -0.2) is 74.8 Å². The minimum atomic E-state index is -3.46. The normalized spacial score (nSPS) is 16.8. The van der Waals surface area contributed by atoms with E-state index in [4.69, 9.17) is 11.6 Å². The van der Waals surface area contributed by atoms with Crippen molar-refractivity contribution in [2.24, 2.45) is 4.99 Å². The maximum atomic E-state index is 12.5. The van der Waals surface area contributed by atoms with Crippen LogP contribution in [0, 0.1) is 6.07 Å². The molecule has 0 unspecified atom stereocenters. The summed E-state index contributed by atoms with van der Waals surface area (Å²) in [6.45, 7) is 3.96. The van der Waals surface area contributed by atoms with Gasteiger partial charge in [-0.15, -0.1) is 13.1 Å². The van der Waals surface area contributed by atoms with Crippen LogP contribution in [0.1, 0.15) is 5.56 Å². The number of hydrogen-bond donors (Lipinski definition) is 1. The quantitative estimate of drug-likeness (QED) is 0.551. The molecule has 2 aliphatic rings. The first-order valence-corrected chi connectivity index (χ1v) is 11.9. The summed E-state index contributed by atoms with van der Waals surface area (Å²) in [5, 5.41) is 5.76. The number of halogens is 1. The molecule has 1 saturated heterocycles. The van der Waals surface area contributed by atoms with Gasteiger partial charge in [-0.25, -0.2) is 12.7 Å². The van der Waals surface area contributed by atoms with Crippen molar-refractivity contribution < 1.29 is 27.0 Å². The van der Waals surface area contributed by atoms with Crippen LogP contribution in [0.4, 0.5) is 0 Å². The monoisotopic (exact) mass is 508 g/mol. The third kappa shape index (κ3) is 5.57. The molecule has 0 aliphatic carbocycles. The van der Waals surface area contributed by atoms with Crippen LogP contribution >= 0.6 is 11.6 Å². The molecule has 0 amide bonds. The van der Waals surface area contributed by atoms with Crippen molar-refractivity contribution >= 4 is 38.4 Å². The van der Waals surface area contributed by atoms with Gasteiger partial charge in [0.2, 0.25) is 0 Å². The van der Waals surface area contributed by atoms with Crippen LogP contribution in [-0.2, 0) is 28.6 Å². The van der Waals surface area contributed by atoms with E-state index in [2.05, 4.69) is 33.3 Å². The molecule has 5 rings (SSSR count). The van der Waals surface area contributed by atoms with Crippen molar-refractivity contribution in [2.75, 3.05) is 46.3 Å². The summed E-state index contributed by atoms with van der Waals surface area (Å²) in [6.07, 6.45) is 0. The smallest absolute Gasteiger partial charge is 0.660 e. The van der Waals surface area contributed by atoms with Gasteiger partial charge in [0.15, 0.2) is 0 Å².